The van der Waals surface area contributed by atoms with Crippen LogP contribution in [-0.4, -0.2) is 33.6 Å². The Balaban J connectivity index is 2.08. The molecule has 3 rings (SSSR count). The van der Waals surface area contributed by atoms with E-state index in [1.807, 2.05) is 6.92 Å². The summed E-state index contributed by atoms with van der Waals surface area (Å²) in [5.41, 5.74) is 1.57. The number of aliphatic hydroxyl groups is 3. The van der Waals surface area contributed by atoms with Gasteiger partial charge in [-0.3, -0.25) is 0 Å². The van der Waals surface area contributed by atoms with E-state index in [4.69, 9.17) is 0 Å². The largest absolute Gasteiger partial charge is 0.393 e. The average Bonchev–Trinajstić information content (AvgIpc) is 2.50. The lowest BCUT2D eigenvalue weighted by Gasteiger charge is -2.59. The Morgan fingerprint density at radius 2 is 1.70 bits per heavy atom. The Morgan fingerprint density at radius 3 is 2.30 bits per heavy atom. The zero-order chi connectivity index (χ0) is 17.2. The predicted octanol–water partition coefficient (Wildman–Crippen LogP) is 3.20. The van der Waals surface area contributed by atoms with Gasteiger partial charge in [0.2, 0.25) is 0 Å². The lowest BCUT2D eigenvalue weighted by Crippen LogP contribution is -2.56. The van der Waals surface area contributed by atoms with Crippen LogP contribution in [0.1, 0.15) is 59.8 Å². The minimum absolute atomic E-state index is 0.0270. The molecule has 0 aliphatic heterocycles. The van der Waals surface area contributed by atoms with Gasteiger partial charge < -0.3 is 15.3 Å². The van der Waals surface area contributed by atoms with Crippen LogP contribution >= 0.6 is 0 Å². The smallest absolute Gasteiger partial charge is 0.0865 e. The third kappa shape index (κ3) is 2.13. The van der Waals surface area contributed by atoms with Crippen LogP contribution in [0.15, 0.2) is 23.8 Å². The van der Waals surface area contributed by atoms with Crippen molar-refractivity contribution < 1.29 is 15.3 Å². The third-order valence-electron chi connectivity index (χ3n) is 7.72. The minimum atomic E-state index is -0.661. The monoisotopic (exact) mass is 320 g/mol. The molecule has 0 unspecified atom stereocenters. The summed E-state index contributed by atoms with van der Waals surface area (Å²) in [6, 6.07) is 0. The normalized spacial score (nSPS) is 49.3. The molecule has 0 amide bonds. The van der Waals surface area contributed by atoms with Crippen molar-refractivity contribution >= 4 is 0 Å². The highest BCUT2D eigenvalue weighted by Crippen LogP contribution is 2.62. The zero-order valence-corrected chi connectivity index (χ0v) is 15.0. The van der Waals surface area contributed by atoms with Crippen molar-refractivity contribution in [3.63, 3.8) is 0 Å². The van der Waals surface area contributed by atoms with Crippen LogP contribution < -0.4 is 0 Å². The second-order valence-electron chi connectivity index (χ2n) is 9.08. The summed E-state index contributed by atoms with van der Waals surface area (Å²) in [5.74, 6) is 0.394. The Kier molecular flexibility index (Phi) is 3.87. The molecule has 1 saturated carbocycles. The van der Waals surface area contributed by atoms with Gasteiger partial charge in [-0.2, -0.15) is 0 Å². The maximum absolute atomic E-state index is 10.9. The molecule has 0 saturated heterocycles. The lowest BCUT2D eigenvalue weighted by molar-refractivity contribution is -0.102. The molecule has 0 aromatic rings. The number of rotatable bonds is 1. The number of aliphatic hydroxyl groups excluding tert-OH is 3. The van der Waals surface area contributed by atoms with Gasteiger partial charge in [0.1, 0.15) is 0 Å². The van der Waals surface area contributed by atoms with Crippen LogP contribution in [0.4, 0.5) is 0 Å². The van der Waals surface area contributed by atoms with E-state index in [0.717, 1.165) is 31.3 Å². The third-order valence-corrected chi connectivity index (χ3v) is 7.72. The van der Waals surface area contributed by atoms with Gasteiger partial charge in [0.15, 0.2) is 0 Å². The molecule has 0 spiro atoms. The van der Waals surface area contributed by atoms with E-state index in [1.165, 1.54) is 5.57 Å². The van der Waals surface area contributed by atoms with Gasteiger partial charge >= 0.3 is 0 Å². The lowest BCUT2D eigenvalue weighted by atomic mass is 9.46. The molecule has 0 bridgehead atoms. The quantitative estimate of drug-likeness (QED) is 0.650. The summed E-state index contributed by atoms with van der Waals surface area (Å²) >= 11 is 0. The van der Waals surface area contributed by atoms with Gasteiger partial charge in [0.05, 0.1) is 18.3 Å². The maximum atomic E-state index is 10.9. The van der Waals surface area contributed by atoms with Gasteiger partial charge in [0, 0.05) is 5.41 Å². The standard InChI is InChI=1S/C20H32O3/c1-6-19(4)16(22)11-13-12(17(19)23)7-8-14-18(2,3)15(21)9-10-20(13,14)5/h6,14-17,21-23H,1,7-11H2,2-5H3/t14-,15-,16-,17+,19-,20+/m0/s1. The van der Waals surface area contributed by atoms with Crippen molar-refractivity contribution in [3.8, 4) is 0 Å². The van der Waals surface area contributed by atoms with Crippen molar-refractivity contribution in [2.75, 3.05) is 0 Å². The molecule has 130 valence electrons. The molecular weight excluding hydrogens is 288 g/mol. The molecule has 0 heterocycles. The summed E-state index contributed by atoms with van der Waals surface area (Å²) in [4.78, 5) is 0. The van der Waals surface area contributed by atoms with Gasteiger partial charge in [-0.25, -0.2) is 0 Å². The number of fused-ring (bicyclic) bond motifs is 2. The summed E-state index contributed by atoms with van der Waals surface area (Å²) < 4.78 is 0. The molecule has 3 aliphatic carbocycles. The van der Waals surface area contributed by atoms with Crippen molar-refractivity contribution in [2.24, 2.45) is 22.2 Å². The fraction of sp³-hybridized carbons (Fsp3) is 0.800. The molecule has 0 aromatic carbocycles. The van der Waals surface area contributed by atoms with Crippen LogP contribution in [0.2, 0.25) is 0 Å². The molecule has 0 radical (unpaired) electrons. The second-order valence-corrected chi connectivity index (χ2v) is 9.08. The molecule has 23 heavy (non-hydrogen) atoms. The SMILES string of the molecule is C=C[C@]1(C)[C@H](O)C2=C(C[C@@H]1O)[C@@]1(C)CC[C@H](O)C(C)(C)[C@@H]1CC2. The molecule has 3 aliphatic rings. The first kappa shape index (κ1) is 17.2. The highest BCUT2D eigenvalue weighted by molar-refractivity contribution is 5.37. The highest BCUT2D eigenvalue weighted by atomic mass is 16.3. The topological polar surface area (TPSA) is 60.7 Å². The van der Waals surface area contributed by atoms with Crippen LogP contribution in [0.25, 0.3) is 0 Å². The molecule has 1 fully saturated rings. The van der Waals surface area contributed by atoms with E-state index in [1.54, 1.807) is 6.08 Å². The predicted molar refractivity (Wildman–Crippen MR) is 91.8 cm³/mol. The molecular formula is C20H32O3. The number of hydrogen-bond acceptors (Lipinski definition) is 3. The zero-order valence-electron chi connectivity index (χ0n) is 15.0. The summed E-state index contributed by atoms with van der Waals surface area (Å²) in [5, 5.41) is 32.1. The van der Waals surface area contributed by atoms with Crippen LogP contribution in [0.5, 0.6) is 0 Å². The van der Waals surface area contributed by atoms with Crippen LogP contribution in [0, 0.1) is 22.2 Å². The van der Waals surface area contributed by atoms with E-state index in [2.05, 4.69) is 27.4 Å². The minimum Gasteiger partial charge on any atom is -0.393 e. The molecule has 6 atom stereocenters. The first-order valence-electron chi connectivity index (χ1n) is 8.99. The Morgan fingerprint density at radius 1 is 1.04 bits per heavy atom. The molecule has 3 nitrogen and oxygen atoms in total. The van der Waals surface area contributed by atoms with Crippen molar-refractivity contribution in [3.05, 3.63) is 23.8 Å². The van der Waals surface area contributed by atoms with Crippen molar-refractivity contribution in [2.45, 2.75) is 78.1 Å². The van der Waals surface area contributed by atoms with Gasteiger partial charge in [0.25, 0.3) is 0 Å². The first-order chi connectivity index (χ1) is 10.6. The Hall–Kier alpha value is -0.640. The summed E-state index contributed by atoms with van der Waals surface area (Å²) in [6.07, 6.45) is 4.42. The molecule has 3 N–H and O–H groups in total. The van der Waals surface area contributed by atoms with Crippen molar-refractivity contribution in [1.82, 2.24) is 0 Å². The van der Waals surface area contributed by atoms with Gasteiger partial charge in [-0.15, -0.1) is 6.58 Å². The van der Waals surface area contributed by atoms with Gasteiger partial charge in [-0.1, -0.05) is 39.3 Å². The Labute approximate surface area is 140 Å². The fourth-order valence-electron chi connectivity index (χ4n) is 5.79. The van der Waals surface area contributed by atoms with E-state index < -0.39 is 17.6 Å². The fourth-order valence-corrected chi connectivity index (χ4v) is 5.79. The van der Waals surface area contributed by atoms with Gasteiger partial charge in [-0.05, 0) is 54.4 Å². The highest BCUT2D eigenvalue weighted by Gasteiger charge is 2.57. The number of hydrogen-bond donors (Lipinski definition) is 3. The summed E-state index contributed by atoms with van der Waals surface area (Å²) in [7, 11) is 0. The van der Waals surface area contributed by atoms with Crippen LogP contribution in [0.3, 0.4) is 0 Å². The first-order valence-corrected chi connectivity index (χ1v) is 8.99. The van der Waals surface area contributed by atoms with E-state index in [9.17, 15) is 15.3 Å². The van der Waals surface area contributed by atoms with E-state index in [0.29, 0.717) is 12.3 Å². The average molecular weight is 320 g/mol. The molecule has 0 aromatic heterocycles. The van der Waals surface area contributed by atoms with E-state index >= 15 is 0 Å². The Bertz CT molecular complexity index is 549. The molecule has 3 heteroatoms. The van der Waals surface area contributed by atoms with E-state index in [-0.39, 0.29) is 16.9 Å². The summed E-state index contributed by atoms with van der Waals surface area (Å²) in [6.45, 7) is 12.4. The van der Waals surface area contributed by atoms with Crippen LogP contribution in [-0.2, 0) is 0 Å². The maximum Gasteiger partial charge on any atom is 0.0865 e. The second kappa shape index (κ2) is 5.18. The van der Waals surface area contributed by atoms with Crippen molar-refractivity contribution in [1.29, 1.82) is 0 Å².